The number of anilines is 1. The molecule has 2 aromatic heterocycles. The lowest BCUT2D eigenvalue weighted by Gasteiger charge is -2.38. The average molecular weight is 331 g/mol. The Balaban J connectivity index is 1.34. The first kappa shape index (κ1) is 15.1. The molecule has 2 aliphatic rings. The normalized spacial score (nSPS) is 26.5. The zero-order chi connectivity index (χ0) is 15.5. The Morgan fingerprint density at radius 3 is 2.70 bits per heavy atom. The number of aromatic nitrogens is 3. The SMILES string of the molecule is c1cnn([C@@H]2CCCC[C@@H]2NC2CCN(c3nccs3)CC2)c1. The third kappa shape index (κ3) is 3.43. The molecular formula is C17H25N5S. The van der Waals surface area contributed by atoms with Crippen LogP contribution in [-0.2, 0) is 0 Å². The van der Waals surface area contributed by atoms with Crippen LogP contribution in [0.15, 0.2) is 30.0 Å². The van der Waals surface area contributed by atoms with E-state index >= 15 is 0 Å². The predicted molar refractivity (Wildman–Crippen MR) is 94.0 cm³/mol. The van der Waals surface area contributed by atoms with Gasteiger partial charge in [0.25, 0.3) is 0 Å². The first-order valence-electron chi connectivity index (χ1n) is 8.80. The topological polar surface area (TPSA) is 46.0 Å². The van der Waals surface area contributed by atoms with Crippen LogP contribution in [0.1, 0.15) is 44.6 Å². The highest BCUT2D eigenvalue weighted by Gasteiger charge is 2.30. The summed E-state index contributed by atoms with van der Waals surface area (Å²) in [6.07, 6.45) is 13.5. The van der Waals surface area contributed by atoms with Crippen molar-refractivity contribution in [3.05, 3.63) is 30.0 Å². The molecule has 2 aromatic rings. The Kier molecular flexibility index (Phi) is 4.62. The fourth-order valence-electron chi connectivity index (χ4n) is 4.01. The van der Waals surface area contributed by atoms with Crippen molar-refractivity contribution in [1.82, 2.24) is 20.1 Å². The first-order valence-corrected chi connectivity index (χ1v) is 9.68. The van der Waals surface area contributed by atoms with Crippen molar-refractivity contribution in [2.75, 3.05) is 18.0 Å². The molecule has 23 heavy (non-hydrogen) atoms. The van der Waals surface area contributed by atoms with Crippen LogP contribution in [0.2, 0.25) is 0 Å². The maximum atomic E-state index is 4.49. The molecule has 3 heterocycles. The van der Waals surface area contributed by atoms with Gasteiger partial charge in [-0.3, -0.25) is 4.68 Å². The zero-order valence-corrected chi connectivity index (χ0v) is 14.3. The first-order chi connectivity index (χ1) is 11.4. The summed E-state index contributed by atoms with van der Waals surface area (Å²) in [5, 5.41) is 11.7. The van der Waals surface area contributed by atoms with Gasteiger partial charge in [0.05, 0.1) is 6.04 Å². The van der Waals surface area contributed by atoms with Crippen LogP contribution in [0.4, 0.5) is 5.13 Å². The third-order valence-electron chi connectivity index (χ3n) is 5.23. The molecule has 4 rings (SSSR count). The van der Waals surface area contributed by atoms with E-state index in [4.69, 9.17) is 0 Å². The lowest BCUT2D eigenvalue weighted by molar-refractivity contribution is 0.219. The Hall–Kier alpha value is -1.40. The molecule has 1 N–H and O–H groups in total. The number of piperidine rings is 1. The number of thiazole rings is 1. The molecule has 2 atom stereocenters. The van der Waals surface area contributed by atoms with E-state index in [9.17, 15) is 0 Å². The van der Waals surface area contributed by atoms with Crippen molar-refractivity contribution < 1.29 is 0 Å². The van der Waals surface area contributed by atoms with Gasteiger partial charge in [-0.1, -0.05) is 12.8 Å². The molecule has 1 aliphatic carbocycles. The monoisotopic (exact) mass is 331 g/mol. The largest absolute Gasteiger partial charge is 0.348 e. The minimum Gasteiger partial charge on any atom is -0.348 e. The van der Waals surface area contributed by atoms with E-state index in [1.165, 1.54) is 43.7 Å². The number of nitrogens with one attached hydrogen (secondary N) is 1. The lowest BCUT2D eigenvalue weighted by Crippen LogP contribution is -2.49. The molecule has 0 unspecified atom stereocenters. The molecule has 1 saturated carbocycles. The molecule has 0 radical (unpaired) electrons. The summed E-state index contributed by atoms with van der Waals surface area (Å²) >= 11 is 1.75. The maximum absolute atomic E-state index is 4.49. The van der Waals surface area contributed by atoms with Gasteiger partial charge in [-0.25, -0.2) is 4.98 Å². The molecule has 0 amide bonds. The zero-order valence-electron chi connectivity index (χ0n) is 13.5. The van der Waals surface area contributed by atoms with E-state index in [0.29, 0.717) is 18.1 Å². The molecule has 0 bridgehead atoms. The van der Waals surface area contributed by atoms with Gasteiger partial charge in [-0.2, -0.15) is 5.10 Å². The maximum Gasteiger partial charge on any atom is 0.185 e. The van der Waals surface area contributed by atoms with Crippen LogP contribution in [0, 0.1) is 0 Å². The molecular weight excluding hydrogens is 306 g/mol. The van der Waals surface area contributed by atoms with Crippen LogP contribution >= 0.6 is 11.3 Å². The Labute approximate surface area is 141 Å². The van der Waals surface area contributed by atoms with Crippen molar-refractivity contribution in [2.45, 2.75) is 56.7 Å². The Morgan fingerprint density at radius 2 is 1.96 bits per heavy atom. The van der Waals surface area contributed by atoms with Gasteiger partial charge in [-0.15, -0.1) is 11.3 Å². The minimum atomic E-state index is 0.524. The molecule has 1 aliphatic heterocycles. The number of rotatable bonds is 4. The van der Waals surface area contributed by atoms with Gasteiger partial charge < -0.3 is 10.2 Å². The van der Waals surface area contributed by atoms with Crippen molar-refractivity contribution in [3.8, 4) is 0 Å². The van der Waals surface area contributed by atoms with Gasteiger partial charge in [0, 0.05) is 49.1 Å². The summed E-state index contributed by atoms with van der Waals surface area (Å²) in [5.74, 6) is 0. The van der Waals surface area contributed by atoms with Crippen LogP contribution in [0.3, 0.4) is 0 Å². The van der Waals surface area contributed by atoms with Crippen molar-refractivity contribution in [3.63, 3.8) is 0 Å². The predicted octanol–water partition coefficient (Wildman–Crippen LogP) is 3.08. The molecule has 124 valence electrons. The molecule has 2 fully saturated rings. The smallest absolute Gasteiger partial charge is 0.185 e. The summed E-state index contributed by atoms with van der Waals surface area (Å²) in [6.45, 7) is 2.23. The van der Waals surface area contributed by atoms with Crippen LogP contribution in [0.5, 0.6) is 0 Å². The van der Waals surface area contributed by atoms with Gasteiger partial charge in [0.1, 0.15) is 0 Å². The van der Waals surface area contributed by atoms with Gasteiger partial charge in [0.2, 0.25) is 0 Å². The van der Waals surface area contributed by atoms with E-state index in [0.717, 1.165) is 13.1 Å². The summed E-state index contributed by atoms with van der Waals surface area (Å²) in [6, 6.07) is 3.77. The fraction of sp³-hybridized carbons (Fsp3) is 0.647. The minimum absolute atomic E-state index is 0.524. The van der Waals surface area contributed by atoms with E-state index < -0.39 is 0 Å². The highest BCUT2D eigenvalue weighted by Crippen LogP contribution is 2.30. The van der Waals surface area contributed by atoms with Crippen molar-refractivity contribution >= 4 is 16.5 Å². The van der Waals surface area contributed by atoms with E-state index in [-0.39, 0.29) is 0 Å². The second-order valence-corrected chi connectivity index (χ2v) is 7.56. The second kappa shape index (κ2) is 7.01. The summed E-state index contributed by atoms with van der Waals surface area (Å²) < 4.78 is 2.17. The molecule has 0 aromatic carbocycles. The highest BCUT2D eigenvalue weighted by atomic mass is 32.1. The van der Waals surface area contributed by atoms with Gasteiger partial charge in [-0.05, 0) is 31.7 Å². The Morgan fingerprint density at radius 1 is 1.09 bits per heavy atom. The summed E-state index contributed by atoms with van der Waals surface area (Å²) in [7, 11) is 0. The lowest BCUT2D eigenvalue weighted by atomic mass is 9.89. The molecule has 5 nitrogen and oxygen atoms in total. The second-order valence-electron chi connectivity index (χ2n) is 6.69. The van der Waals surface area contributed by atoms with Crippen LogP contribution in [0.25, 0.3) is 0 Å². The third-order valence-corrected chi connectivity index (χ3v) is 6.06. The number of nitrogens with zero attached hydrogens (tertiary/aromatic N) is 4. The summed E-state index contributed by atoms with van der Waals surface area (Å²) in [4.78, 5) is 6.86. The number of hydrogen-bond donors (Lipinski definition) is 1. The van der Waals surface area contributed by atoms with Gasteiger partial charge in [0.15, 0.2) is 5.13 Å². The molecule has 0 spiro atoms. The standard InChI is InChI=1S/C17H25N5S/c1-2-5-16(22-10-3-8-19-22)15(4-1)20-14-6-11-21(12-7-14)17-18-9-13-23-17/h3,8-10,13-16,20H,1-2,4-7,11-12H2/t15-,16+/m0/s1. The van der Waals surface area contributed by atoms with E-state index in [1.54, 1.807) is 11.3 Å². The average Bonchev–Trinajstić information content (AvgIpc) is 3.30. The summed E-state index contributed by atoms with van der Waals surface area (Å²) in [5.41, 5.74) is 0. The van der Waals surface area contributed by atoms with E-state index in [2.05, 4.69) is 36.6 Å². The van der Waals surface area contributed by atoms with Crippen molar-refractivity contribution in [2.24, 2.45) is 0 Å². The number of hydrogen-bond acceptors (Lipinski definition) is 5. The Bertz CT molecular complexity index is 574. The molecule has 1 saturated heterocycles. The molecule has 6 heteroatoms. The fourth-order valence-corrected chi connectivity index (χ4v) is 4.71. The quantitative estimate of drug-likeness (QED) is 0.935. The van der Waals surface area contributed by atoms with Crippen molar-refractivity contribution in [1.29, 1.82) is 0 Å². The van der Waals surface area contributed by atoms with Gasteiger partial charge >= 0.3 is 0 Å². The van der Waals surface area contributed by atoms with E-state index in [1.807, 2.05) is 18.5 Å². The van der Waals surface area contributed by atoms with Crippen LogP contribution in [-0.4, -0.2) is 39.9 Å². The highest BCUT2D eigenvalue weighted by molar-refractivity contribution is 7.13. The van der Waals surface area contributed by atoms with Crippen LogP contribution < -0.4 is 10.2 Å².